The van der Waals surface area contributed by atoms with Gasteiger partial charge in [-0.3, -0.25) is 9.59 Å². The lowest BCUT2D eigenvalue weighted by molar-refractivity contribution is -0.136. The van der Waals surface area contributed by atoms with Crippen LogP contribution in [0.2, 0.25) is 5.02 Å². The van der Waals surface area contributed by atoms with E-state index in [1.54, 1.807) is 19.2 Å². The van der Waals surface area contributed by atoms with E-state index in [2.05, 4.69) is 10.2 Å². The second kappa shape index (κ2) is 11.7. The lowest BCUT2D eigenvalue weighted by Gasteiger charge is -2.22. The lowest BCUT2D eigenvalue weighted by Crippen LogP contribution is -2.26. The lowest BCUT2D eigenvalue weighted by atomic mass is 10.1. The number of ether oxygens (including phenoxy) is 1. The summed E-state index contributed by atoms with van der Waals surface area (Å²) < 4.78 is 5.31. The van der Waals surface area contributed by atoms with E-state index in [4.69, 9.17) is 26.4 Å². The zero-order valence-electron chi connectivity index (χ0n) is 19.5. The number of nitrogens with one attached hydrogen (secondary N) is 1. The largest absolute Gasteiger partial charge is 0.497 e. The third-order valence-corrected chi connectivity index (χ3v) is 6.54. The van der Waals surface area contributed by atoms with Gasteiger partial charge in [-0.1, -0.05) is 35.9 Å². The molecule has 0 aliphatic heterocycles. The average molecular weight is 522 g/mol. The van der Waals surface area contributed by atoms with Gasteiger partial charge in [-0.15, -0.1) is 11.3 Å². The van der Waals surface area contributed by atoms with Crippen LogP contribution in [-0.4, -0.2) is 35.6 Å². The Labute approximate surface area is 217 Å². The highest BCUT2D eigenvalue weighted by atomic mass is 35.5. The van der Waals surface area contributed by atoms with E-state index in [-0.39, 0.29) is 18.9 Å². The molecule has 0 radical (unpaired) electrons. The Balaban J connectivity index is 1.56. The number of amides is 1. The van der Waals surface area contributed by atoms with Crippen LogP contribution in [0.4, 0.5) is 10.8 Å². The first-order valence-electron chi connectivity index (χ1n) is 11.1. The highest BCUT2D eigenvalue weighted by molar-refractivity contribution is 7.14. The molecule has 0 atom stereocenters. The number of nitrogens with zero attached hydrogens (tertiary/aromatic N) is 2. The summed E-state index contributed by atoms with van der Waals surface area (Å²) in [4.78, 5) is 29.9. The number of rotatable bonds is 10. The van der Waals surface area contributed by atoms with Gasteiger partial charge in [-0.25, -0.2) is 4.98 Å². The van der Waals surface area contributed by atoms with Crippen molar-refractivity contribution in [3.63, 3.8) is 0 Å². The second-order valence-electron chi connectivity index (χ2n) is 7.90. The maximum Gasteiger partial charge on any atom is 0.305 e. The summed E-state index contributed by atoms with van der Waals surface area (Å²) in [6.45, 7) is 0.613. The normalized spacial score (nSPS) is 10.6. The Kier molecular flexibility index (Phi) is 8.20. The molecule has 0 fully saturated rings. The summed E-state index contributed by atoms with van der Waals surface area (Å²) in [5.41, 5.74) is 4.24. The van der Waals surface area contributed by atoms with Gasteiger partial charge in [-0.05, 0) is 54.1 Å². The predicted molar refractivity (Wildman–Crippen MR) is 142 cm³/mol. The van der Waals surface area contributed by atoms with Crippen molar-refractivity contribution in [1.82, 2.24) is 10.3 Å². The standard InChI is InChI=1S/C27H24ClN3O4S/c1-35-23-12-10-22(11-13-23)31(27-30-24(17-36-27)19-6-8-21(28)9-7-19)16-18-2-4-20(5-3-18)26(34)29-15-14-25(32)33/h2-13,17H,14-16H2,1H3,(H,29,34)(H,32,33). The predicted octanol–water partition coefficient (Wildman–Crippen LogP) is 6.01. The summed E-state index contributed by atoms with van der Waals surface area (Å²) >= 11 is 7.57. The number of hydrogen-bond donors (Lipinski definition) is 2. The summed E-state index contributed by atoms with van der Waals surface area (Å²) in [6.07, 6.45) is -0.119. The Hall–Kier alpha value is -3.88. The molecule has 7 nitrogen and oxygen atoms in total. The molecule has 0 aliphatic rings. The SMILES string of the molecule is COc1ccc(N(Cc2ccc(C(=O)NCCC(=O)O)cc2)c2nc(-c3ccc(Cl)cc3)cs2)cc1. The minimum absolute atomic E-state index is 0.0845. The van der Waals surface area contributed by atoms with Gasteiger partial charge in [0.15, 0.2) is 5.13 Å². The molecule has 1 aromatic heterocycles. The number of halogens is 1. The molecule has 9 heteroatoms. The number of aromatic nitrogens is 1. The van der Waals surface area contributed by atoms with Crippen LogP contribution in [0.1, 0.15) is 22.3 Å². The molecule has 184 valence electrons. The third-order valence-electron chi connectivity index (χ3n) is 5.43. The Morgan fingerprint density at radius 2 is 1.72 bits per heavy atom. The van der Waals surface area contributed by atoms with Crippen molar-refractivity contribution in [3.05, 3.63) is 94.3 Å². The first-order valence-corrected chi connectivity index (χ1v) is 12.4. The number of thiazole rings is 1. The molecular formula is C27H24ClN3O4S. The fourth-order valence-corrected chi connectivity index (χ4v) is 4.48. The molecule has 0 spiro atoms. The van der Waals surface area contributed by atoms with Crippen LogP contribution in [0.5, 0.6) is 5.75 Å². The first-order chi connectivity index (χ1) is 17.4. The van der Waals surface area contributed by atoms with Crippen LogP contribution in [-0.2, 0) is 11.3 Å². The fourth-order valence-electron chi connectivity index (χ4n) is 3.50. The van der Waals surface area contributed by atoms with E-state index in [0.29, 0.717) is 17.1 Å². The number of carboxylic acids is 1. The number of aliphatic carboxylic acids is 1. The molecule has 0 saturated heterocycles. The van der Waals surface area contributed by atoms with Crippen LogP contribution in [0.3, 0.4) is 0 Å². The zero-order chi connectivity index (χ0) is 25.5. The van der Waals surface area contributed by atoms with E-state index in [9.17, 15) is 9.59 Å². The highest BCUT2D eigenvalue weighted by Crippen LogP contribution is 2.34. The molecular weight excluding hydrogens is 498 g/mol. The molecule has 0 saturated carbocycles. The van der Waals surface area contributed by atoms with Crippen molar-refractivity contribution >= 4 is 45.6 Å². The van der Waals surface area contributed by atoms with E-state index in [0.717, 1.165) is 33.4 Å². The minimum Gasteiger partial charge on any atom is -0.497 e. The number of methoxy groups -OCH3 is 1. The molecule has 0 unspecified atom stereocenters. The van der Waals surface area contributed by atoms with Crippen LogP contribution < -0.4 is 15.0 Å². The number of carbonyl (C=O) groups is 2. The summed E-state index contributed by atoms with van der Waals surface area (Å²) in [5, 5.41) is 14.9. The van der Waals surface area contributed by atoms with Gasteiger partial charge < -0.3 is 20.1 Å². The first kappa shape index (κ1) is 25.2. The molecule has 3 aromatic carbocycles. The number of benzene rings is 3. The van der Waals surface area contributed by atoms with Gasteiger partial charge in [0.2, 0.25) is 0 Å². The van der Waals surface area contributed by atoms with Gasteiger partial charge in [0, 0.05) is 33.8 Å². The summed E-state index contributed by atoms with van der Waals surface area (Å²) in [6, 6.07) is 22.6. The maximum atomic E-state index is 12.3. The zero-order valence-corrected chi connectivity index (χ0v) is 21.1. The second-order valence-corrected chi connectivity index (χ2v) is 9.18. The van der Waals surface area contributed by atoms with Crippen LogP contribution in [0.25, 0.3) is 11.3 Å². The molecule has 1 heterocycles. The van der Waals surface area contributed by atoms with E-state index in [1.807, 2.05) is 66.0 Å². The van der Waals surface area contributed by atoms with Crippen molar-refractivity contribution < 1.29 is 19.4 Å². The molecule has 0 aliphatic carbocycles. The molecule has 1 amide bonds. The monoisotopic (exact) mass is 521 g/mol. The topological polar surface area (TPSA) is 91.8 Å². The molecule has 36 heavy (non-hydrogen) atoms. The molecule has 4 aromatic rings. The van der Waals surface area contributed by atoms with Crippen molar-refractivity contribution in [2.24, 2.45) is 0 Å². The van der Waals surface area contributed by atoms with E-state index in [1.165, 1.54) is 11.3 Å². The van der Waals surface area contributed by atoms with Gasteiger partial charge in [-0.2, -0.15) is 0 Å². The minimum atomic E-state index is -0.953. The summed E-state index contributed by atoms with van der Waals surface area (Å²) in [7, 11) is 1.63. The maximum absolute atomic E-state index is 12.3. The van der Waals surface area contributed by atoms with Crippen molar-refractivity contribution in [1.29, 1.82) is 0 Å². The number of carbonyl (C=O) groups excluding carboxylic acids is 1. The number of carboxylic acid groups (broad SMARTS) is 1. The van der Waals surface area contributed by atoms with Gasteiger partial charge in [0.05, 0.1) is 25.8 Å². The van der Waals surface area contributed by atoms with Gasteiger partial charge >= 0.3 is 5.97 Å². The Morgan fingerprint density at radius 3 is 2.36 bits per heavy atom. The molecule has 2 N–H and O–H groups in total. The highest BCUT2D eigenvalue weighted by Gasteiger charge is 2.16. The Morgan fingerprint density at radius 1 is 1.03 bits per heavy atom. The van der Waals surface area contributed by atoms with E-state index >= 15 is 0 Å². The van der Waals surface area contributed by atoms with Crippen LogP contribution >= 0.6 is 22.9 Å². The van der Waals surface area contributed by atoms with E-state index < -0.39 is 5.97 Å². The van der Waals surface area contributed by atoms with Crippen LogP contribution in [0.15, 0.2) is 78.2 Å². The average Bonchev–Trinajstić information content (AvgIpc) is 3.38. The Bertz CT molecular complexity index is 1320. The molecule has 0 bridgehead atoms. The molecule has 4 rings (SSSR count). The van der Waals surface area contributed by atoms with Gasteiger partial charge in [0.25, 0.3) is 5.91 Å². The van der Waals surface area contributed by atoms with Gasteiger partial charge in [0.1, 0.15) is 5.75 Å². The van der Waals surface area contributed by atoms with Crippen molar-refractivity contribution in [3.8, 4) is 17.0 Å². The van der Waals surface area contributed by atoms with Crippen LogP contribution in [0, 0.1) is 0 Å². The van der Waals surface area contributed by atoms with Crippen molar-refractivity contribution in [2.75, 3.05) is 18.6 Å². The number of hydrogen-bond acceptors (Lipinski definition) is 6. The number of anilines is 2. The fraction of sp³-hybridized carbons (Fsp3) is 0.148. The smallest absolute Gasteiger partial charge is 0.305 e. The quantitative estimate of drug-likeness (QED) is 0.265. The van der Waals surface area contributed by atoms with Crippen molar-refractivity contribution in [2.45, 2.75) is 13.0 Å². The third kappa shape index (κ3) is 6.41. The summed E-state index contributed by atoms with van der Waals surface area (Å²) in [5.74, 6) is -0.494.